The highest BCUT2D eigenvalue weighted by Gasteiger charge is 2.18. The Morgan fingerprint density at radius 1 is 1.00 bits per heavy atom. The molecule has 0 aliphatic carbocycles. The summed E-state index contributed by atoms with van der Waals surface area (Å²) in [7, 11) is -3.81. The number of esters is 1. The van der Waals surface area contributed by atoms with Crippen molar-refractivity contribution in [1.82, 2.24) is 10.0 Å². The van der Waals surface area contributed by atoms with Crippen molar-refractivity contribution in [1.29, 1.82) is 0 Å². The van der Waals surface area contributed by atoms with Gasteiger partial charge in [-0.15, -0.1) is 0 Å². The molecule has 0 aliphatic rings. The molecule has 0 saturated carbocycles. The Hall–Kier alpha value is -2.71. The van der Waals surface area contributed by atoms with Crippen LogP contribution in [0.1, 0.15) is 42.6 Å². The molecule has 0 aliphatic heterocycles. The minimum atomic E-state index is -3.81. The van der Waals surface area contributed by atoms with E-state index in [-0.39, 0.29) is 29.0 Å². The summed E-state index contributed by atoms with van der Waals surface area (Å²) in [5.41, 5.74) is 0.873. The smallest absolute Gasteiger partial charge is 0.338 e. The minimum Gasteiger partial charge on any atom is -0.452 e. The molecular weight excluding hydrogens is 392 g/mol. The van der Waals surface area contributed by atoms with Gasteiger partial charge >= 0.3 is 5.97 Å². The van der Waals surface area contributed by atoms with Gasteiger partial charge in [-0.05, 0) is 36.6 Å². The van der Waals surface area contributed by atoms with Gasteiger partial charge in [0.05, 0.1) is 10.5 Å². The molecule has 0 fully saturated rings. The number of sulfonamides is 1. The molecule has 7 nitrogen and oxygen atoms in total. The molecule has 156 valence electrons. The maximum absolute atomic E-state index is 12.5. The monoisotopic (exact) mass is 418 g/mol. The molecule has 2 aromatic carbocycles. The zero-order valence-corrected chi connectivity index (χ0v) is 17.4. The fourth-order valence-corrected chi connectivity index (χ4v) is 3.69. The summed E-state index contributed by atoms with van der Waals surface area (Å²) in [5.74, 6) is -1.15. The largest absolute Gasteiger partial charge is 0.452 e. The van der Waals surface area contributed by atoms with E-state index in [1.165, 1.54) is 24.3 Å². The number of rotatable bonds is 10. The highest BCUT2D eigenvalue weighted by atomic mass is 32.2. The summed E-state index contributed by atoms with van der Waals surface area (Å²) in [6, 6.07) is 14.7. The van der Waals surface area contributed by atoms with Crippen molar-refractivity contribution in [2.45, 2.75) is 44.2 Å². The van der Waals surface area contributed by atoms with Crippen LogP contribution in [-0.4, -0.2) is 32.9 Å². The number of carbonyl (C=O) groups is 2. The van der Waals surface area contributed by atoms with Gasteiger partial charge in [0.25, 0.3) is 5.91 Å². The van der Waals surface area contributed by atoms with Crippen LogP contribution in [0.5, 0.6) is 0 Å². The molecule has 0 atom stereocenters. The molecule has 0 aromatic heterocycles. The van der Waals surface area contributed by atoms with Gasteiger partial charge in [0.1, 0.15) is 0 Å². The fraction of sp³-hybridized carbons (Fsp3) is 0.333. The van der Waals surface area contributed by atoms with Crippen LogP contribution in [-0.2, 0) is 26.1 Å². The lowest BCUT2D eigenvalue weighted by molar-refractivity contribution is -0.125. The molecule has 2 rings (SSSR count). The molecule has 8 heteroatoms. The second-order valence-electron chi connectivity index (χ2n) is 6.50. The first-order valence-corrected chi connectivity index (χ1v) is 10.9. The van der Waals surface area contributed by atoms with E-state index in [9.17, 15) is 18.0 Å². The van der Waals surface area contributed by atoms with Crippen molar-refractivity contribution in [3.63, 3.8) is 0 Å². The van der Waals surface area contributed by atoms with Crippen molar-refractivity contribution >= 4 is 21.9 Å². The average Bonchev–Trinajstić information content (AvgIpc) is 2.75. The Labute approximate surface area is 171 Å². The lowest BCUT2D eigenvalue weighted by Gasteiger charge is -2.14. The first kappa shape index (κ1) is 22.6. The Morgan fingerprint density at radius 2 is 1.69 bits per heavy atom. The number of nitrogens with one attached hydrogen (secondary N) is 2. The SMILES string of the molecule is CCC(CC)NC(=O)COC(=O)c1cccc(S(=O)(=O)NCc2ccccc2)c1. The number of hydrogen-bond acceptors (Lipinski definition) is 5. The third-order valence-corrected chi connectivity index (χ3v) is 5.77. The van der Waals surface area contributed by atoms with E-state index in [0.717, 1.165) is 18.4 Å². The summed E-state index contributed by atoms with van der Waals surface area (Å²) < 4.78 is 32.5. The summed E-state index contributed by atoms with van der Waals surface area (Å²) in [6.07, 6.45) is 1.57. The van der Waals surface area contributed by atoms with E-state index >= 15 is 0 Å². The zero-order chi connectivity index (χ0) is 21.3. The highest BCUT2D eigenvalue weighted by Crippen LogP contribution is 2.13. The van der Waals surface area contributed by atoms with Crippen LogP contribution in [0.15, 0.2) is 59.5 Å². The Bertz CT molecular complexity index is 925. The second kappa shape index (κ2) is 10.7. The lowest BCUT2D eigenvalue weighted by atomic mass is 10.2. The van der Waals surface area contributed by atoms with Crippen molar-refractivity contribution in [2.24, 2.45) is 0 Å². The molecule has 0 unspecified atom stereocenters. The second-order valence-corrected chi connectivity index (χ2v) is 8.26. The van der Waals surface area contributed by atoms with Gasteiger partial charge in [-0.1, -0.05) is 50.2 Å². The minimum absolute atomic E-state index is 0.0327. The van der Waals surface area contributed by atoms with Gasteiger partial charge in [0.2, 0.25) is 10.0 Å². The first-order valence-electron chi connectivity index (χ1n) is 9.45. The van der Waals surface area contributed by atoms with E-state index in [1.54, 1.807) is 0 Å². The molecule has 2 aromatic rings. The van der Waals surface area contributed by atoms with Crippen LogP contribution in [0.4, 0.5) is 0 Å². The lowest BCUT2D eigenvalue weighted by Crippen LogP contribution is -2.36. The van der Waals surface area contributed by atoms with Crippen molar-refractivity contribution in [3.05, 3.63) is 65.7 Å². The van der Waals surface area contributed by atoms with E-state index < -0.39 is 22.6 Å². The van der Waals surface area contributed by atoms with E-state index in [4.69, 9.17) is 4.74 Å². The van der Waals surface area contributed by atoms with Gasteiger partial charge in [-0.3, -0.25) is 4.79 Å². The molecule has 0 radical (unpaired) electrons. The van der Waals surface area contributed by atoms with Crippen LogP contribution < -0.4 is 10.0 Å². The van der Waals surface area contributed by atoms with E-state index in [1.807, 2.05) is 44.2 Å². The maximum Gasteiger partial charge on any atom is 0.338 e. The highest BCUT2D eigenvalue weighted by molar-refractivity contribution is 7.89. The summed E-state index contributed by atoms with van der Waals surface area (Å²) >= 11 is 0. The van der Waals surface area contributed by atoms with Gasteiger partial charge in [-0.25, -0.2) is 17.9 Å². The predicted octanol–water partition coefficient (Wildman–Crippen LogP) is 2.63. The quantitative estimate of drug-likeness (QED) is 0.578. The molecular formula is C21H26N2O5S. The molecule has 29 heavy (non-hydrogen) atoms. The third kappa shape index (κ3) is 6.99. The number of amides is 1. The standard InChI is InChI=1S/C21H26N2O5S/c1-3-18(4-2)23-20(24)15-28-21(25)17-11-8-12-19(13-17)29(26,27)22-14-16-9-6-5-7-10-16/h5-13,18,22H,3-4,14-15H2,1-2H3,(H,23,24). The molecule has 0 bridgehead atoms. The van der Waals surface area contributed by atoms with Crippen LogP contribution in [0.3, 0.4) is 0 Å². The molecule has 0 saturated heterocycles. The predicted molar refractivity (Wildman–Crippen MR) is 110 cm³/mol. The van der Waals surface area contributed by atoms with Gasteiger partial charge in [0, 0.05) is 12.6 Å². The molecule has 0 spiro atoms. The average molecular weight is 419 g/mol. The molecule has 1 amide bonds. The van der Waals surface area contributed by atoms with Crippen LogP contribution >= 0.6 is 0 Å². The summed E-state index contributed by atoms with van der Waals surface area (Å²) in [4.78, 5) is 24.0. The van der Waals surface area contributed by atoms with Crippen LogP contribution in [0.25, 0.3) is 0 Å². The zero-order valence-electron chi connectivity index (χ0n) is 16.6. The summed E-state index contributed by atoms with van der Waals surface area (Å²) in [5, 5.41) is 2.77. The third-order valence-electron chi connectivity index (χ3n) is 4.37. The van der Waals surface area contributed by atoms with Crippen molar-refractivity contribution < 1.29 is 22.7 Å². The van der Waals surface area contributed by atoms with E-state index in [0.29, 0.717) is 0 Å². The van der Waals surface area contributed by atoms with Crippen LogP contribution in [0, 0.1) is 0 Å². The fourth-order valence-electron chi connectivity index (χ4n) is 2.62. The normalized spacial score (nSPS) is 11.3. The Morgan fingerprint density at radius 3 is 2.34 bits per heavy atom. The number of hydrogen-bond donors (Lipinski definition) is 2. The van der Waals surface area contributed by atoms with Crippen molar-refractivity contribution in [2.75, 3.05) is 6.61 Å². The first-order chi connectivity index (χ1) is 13.9. The number of ether oxygens (including phenoxy) is 1. The van der Waals surface area contributed by atoms with Gasteiger partial charge in [-0.2, -0.15) is 0 Å². The summed E-state index contributed by atoms with van der Waals surface area (Å²) in [6.45, 7) is 3.63. The number of benzene rings is 2. The molecule has 0 heterocycles. The van der Waals surface area contributed by atoms with E-state index in [2.05, 4.69) is 10.0 Å². The van der Waals surface area contributed by atoms with Crippen LogP contribution in [0.2, 0.25) is 0 Å². The van der Waals surface area contributed by atoms with Crippen molar-refractivity contribution in [3.8, 4) is 0 Å². The molecule has 2 N–H and O–H groups in total. The Kier molecular flexibility index (Phi) is 8.35. The topological polar surface area (TPSA) is 102 Å². The van der Waals surface area contributed by atoms with Gasteiger partial charge in [0.15, 0.2) is 6.61 Å². The maximum atomic E-state index is 12.5. The Balaban J connectivity index is 1.98. The number of carbonyl (C=O) groups excluding carboxylic acids is 2. The van der Waals surface area contributed by atoms with Gasteiger partial charge < -0.3 is 10.1 Å².